The largest absolute Gasteiger partial charge is 0.143 e. The fourth-order valence-corrected chi connectivity index (χ4v) is 3.00. The molecule has 0 saturated carbocycles. The van der Waals surface area contributed by atoms with Crippen molar-refractivity contribution >= 4 is 17.6 Å². The molecule has 0 N–H and O–H groups in total. The van der Waals surface area contributed by atoms with Gasteiger partial charge in [-0.3, -0.25) is 0 Å². The van der Waals surface area contributed by atoms with E-state index in [1.807, 2.05) is 0 Å². The normalized spacial score (nSPS) is 9.25. The second-order valence-corrected chi connectivity index (χ2v) is 7.79. The van der Waals surface area contributed by atoms with Crippen molar-refractivity contribution in [2.24, 2.45) is 0 Å². The third-order valence-electron chi connectivity index (χ3n) is 0.661. The van der Waals surface area contributed by atoms with Crippen molar-refractivity contribution in [3.05, 3.63) is 0 Å². The molecule has 0 radical (unpaired) electrons. The van der Waals surface area contributed by atoms with Crippen LogP contribution in [0.5, 0.6) is 0 Å². The Morgan fingerprint density at radius 3 is 1.12 bits per heavy atom. The van der Waals surface area contributed by atoms with E-state index in [4.69, 9.17) is 0 Å². The smallest absolute Gasteiger partial charge is 0.115 e. The number of rotatable bonds is 0. The SMILES string of the molecule is C[SiH](C)C#C[SiH](C)C. The highest BCUT2D eigenvalue weighted by molar-refractivity contribution is 6.70. The molecule has 0 bridgehead atoms. The Morgan fingerprint density at radius 1 is 0.750 bits per heavy atom. The van der Waals surface area contributed by atoms with Gasteiger partial charge < -0.3 is 0 Å². The molecule has 0 rings (SSSR count). The number of hydrogen-bond acceptors (Lipinski definition) is 0. The quantitative estimate of drug-likeness (QED) is 0.350. The van der Waals surface area contributed by atoms with Gasteiger partial charge in [-0.2, -0.15) is 0 Å². The molecule has 0 aromatic rings. The first-order valence-electron chi connectivity index (χ1n) is 3.14. The minimum atomic E-state index is -0.553. The van der Waals surface area contributed by atoms with Crippen LogP contribution in [0.4, 0.5) is 0 Å². The van der Waals surface area contributed by atoms with E-state index >= 15 is 0 Å². The average molecular weight is 142 g/mol. The molecule has 0 aromatic heterocycles. The zero-order chi connectivity index (χ0) is 6.57. The highest BCUT2D eigenvalue weighted by Gasteiger charge is 1.86. The van der Waals surface area contributed by atoms with Gasteiger partial charge in [0.25, 0.3) is 0 Å². The Balaban J connectivity index is 3.50. The molecule has 8 heavy (non-hydrogen) atoms. The van der Waals surface area contributed by atoms with E-state index in [0.29, 0.717) is 0 Å². The van der Waals surface area contributed by atoms with Crippen LogP contribution in [-0.2, 0) is 0 Å². The first kappa shape index (κ1) is 7.99. The molecule has 46 valence electrons. The van der Waals surface area contributed by atoms with E-state index in [9.17, 15) is 0 Å². The molecule has 0 aliphatic heterocycles. The fourth-order valence-electron chi connectivity index (χ4n) is 0.333. The lowest BCUT2D eigenvalue weighted by Crippen LogP contribution is -1.99. The molecule has 0 nitrogen and oxygen atoms in total. The van der Waals surface area contributed by atoms with Crippen LogP contribution in [0.25, 0.3) is 0 Å². The van der Waals surface area contributed by atoms with Gasteiger partial charge in [0.1, 0.15) is 17.6 Å². The summed E-state index contributed by atoms with van der Waals surface area (Å²) in [5.41, 5.74) is 6.59. The van der Waals surface area contributed by atoms with Crippen LogP contribution < -0.4 is 0 Å². The highest BCUT2D eigenvalue weighted by Crippen LogP contribution is 1.76. The molecule has 0 spiro atoms. The van der Waals surface area contributed by atoms with Gasteiger partial charge in [-0.05, 0) is 0 Å². The standard InChI is InChI=1S/C6H14Si2/c1-7(2)5-6-8(3)4/h7-8H,1-4H3. The van der Waals surface area contributed by atoms with E-state index in [1.54, 1.807) is 0 Å². The molecule has 0 fully saturated rings. The summed E-state index contributed by atoms with van der Waals surface area (Å²) in [6.07, 6.45) is 0. The summed E-state index contributed by atoms with van der Waals surface area (Å²) in [5, 5.41) is 0. The number of hydrogen-bond donors (Lipinski definition) is 0. The van der Waals surface area contributed by atoms with Crippen molar-refractivity contribution < 1.29 is 0 Å². The fraction of sp³-hybridized carbons (Fsp3) is 0.667. The molecule has 0 saturated heterocycles. The molecule has 0 aliphatic carbocycles. The third-order valence-corrected chi connectivity index (χ3v) is 2.48. The van der Waals surface area contributed by atoms with Gasteiger partial charge in [0.2, 0.25) is 0 Å². The lowest BCUT2D eigenvalue weighted by molar-refractivity contribution is 2.02. The summed E-state index contributed by atoms with van der Waals surface area (Å²) in [7, 11) is -1.11. The summed E-state index contributed by atoms with van der Waals surface area (Å²) >= 11 is 0. The predicted molar refractivity (Wildman–Crippen MR) is 45.5 cm³/mol. The lowest BCUT2D eigenvalue weighted by Gasteiger charge is -1.86. The average Bonchev–Trinajstić information content (AvgIpc) is 1.61. The van der Waals surface area contributed by atoms with Crippen LogP contribution in [0.2, 0.25) is 26.2 Å². The maximum absolute atomic E-state index is 3.30. The van der Waals surface area contributed by atoms with E-state index in [0.717, 1.165) is 0 Å². The molecule has 0 heterocycles. The molecular formula is C6H14Si2. The molecule has 2 heteroatoms. The minimum Gasteiger partial charge on any atom is -0.143 e. The third kappa shape index (κ3) is 5.99. The van der Waals surface area contributed by atoms with E-state index in [2.05, 4.69) is 37.3 Å². The van der Waals surface area contributed by atoms with E-state index in [-0.39, 0.29) is 0 Å². The molecule has 0 amide bonds. The van der Waals surface area contributed by atoms with Crippen LogP contribution in [-0.4, -0.2) is 17.6 Å². The van der Waals surface area contributed by atoms with Gasteiger partial charge in [-0.1, -0.05) is 26.2 Å². The van der Waals surface area contributed by atoms with Crippen molar-refractivity contribution in [3.63, 3.8) is 0 Å². The van der Waals surface area contributed by atoms with Crippen LogP contribution in [0.15, 0.2) is 0 Å². The van der Waals surface area contributed by atoms with Gasteiger partial charge in [-0.25, -0.2) is 0 Å². The summed E-state index contributed by atoms with van der Waals surface area (Å²) in [6, 6.07) is 0. The molecule has 0 aliphatic rings. The Labute approximate surface area is 55.5 Å². The van der Waals surface area contributed by atoms with Gasteiger partial charge >= 0.3 is 0 Å². The van der Waals surface area contributed by atoms with Crippen molar-refractivity contribution in [1.82, 2.24) is 0 Å². The molecule has 0 atom stereocenters. The van der Waals surface area contributed by atoms with Crippen molar-refractivity contribution in [1.29, 1.82) is 0 Å². The van der Waals surface area contributed by atoms with Crippen molar-refractivity contribution in [2.75, 3.05) is 0 Å². The lowest BCUT2D eigenvalue weighted by atomic mass is 11.4. The summed E-state index contributed by atoms with van der Waals surface area (Å²) in [4.78, 5) is 0. The first-order valence-corrected chi connectivity index (χ1v) is 8.91. The Bertz CT molecular complexity index is 93.4. The van der Waals surface area contributed by atoms with Crippen molar-refractivity contribution in [2.45, 2.75) is 26.2 Å². The van der Waals surface area contributed by atoms with Gasteiger partial charge in [0.05, 0.1) is 0 Å². The Morgan fingerprint density at radius 2 is 1.00 bits per heavy atom. The van der Waals surface area contributed by atoms with Crippen molar-refractivity contribution in [3.8, 4) is 11.1 Å². The molecular weight excluding hydrogens is 128 g/mol. The zero-order valence-corrected chi connectivity index (χ0v) is 8.46. The zero-order valence-electron chi connectivity index (χ0n) is 6.15. The van der Waals surface area contributed by atoms with Crippen LogP contribution in [0, 0.1) is 11.1 Å². The van der Waals surface area contributed by atoms with E-state index < -0.39 is 17.6 Å². The minimum absolute atomic E-state index is 0.553. The maximum Gasteiger partial charge on any atom is 0.115 e. The topological polar surface area (TPSA) is 0 Å². The second-order valence-electron chi connectivity index (χ2n) is 2.60. The van der Waals surface area contributed by atoms with Gasteiger partial charge in [-0.15, -0.1) is 11.1 Å². The first-order chi connectivity index (χ1) is 3.63. The Kier molecular flexibility index (Phi) is 3.93. The highest BCUT2D eigenvalue weighted by atomic mass is 28.3. The molecule has 0 aromatic carbocycles. The van der Waals surface area contributed by atoms with Gasteiger partial charge in [0, 0.05) is 0 Å². The van der Waals surface area contributed by atoms with Crippen LogP contribution >= 0.6 is 0 Å². The predicted octanol–water partition coefficient (Wildman–Crippen LogP) is 1.04. The van der Waals surface area contributed by atoms with E-state index in [1.165, 1.54) is 0 Å². The summed E-state index contributed by atoms with van der Waals surface area (Å²) < 4.78 is 0. The molecule has 0 unspecified atom stereocenters. The maximum atomic E-state index is 3.30. The van der Waals surface area contributed by atoms with Crippen LogP contribution in [0.3, 0.4) is 0 Å². The van der Waals surface area contributed by atoms with Gasteiger partial charge in [0.15, 0.2) is 0 Å². The monoisotopic (exact) mass is 142 g/mol. The van der Waals surface area contributed by atoms with Crippen LogP contribution in [0.1, 0.15) is 0 Å². The summed E-state index contributed by atoms with van der Waals surface area (Å²) in [6.45, 7) is 9.07. The Hall–Kier alpha value is -0.00623. The summed E-state index contributed by atoms with van der Waals surface area (Å²) in [5.74, 6) is 0. The second kappa shape index (κ2) is 3.93.